The molecular weight excluding hydrogens is 627 g/mol. The SMILES string of the molecule is C=CC(=O)Oc1ccc(-c2ccc(C#Cc3ccc(-c4ccc(OC(=O)C(=C)F)cc4)cc3OC(=O)C(=C)C)cc2OC(=O)C(=C)C)cc1. The van der Waals surface area contributed by atoms with Crippen LogP contribution in [0.25, 0.3) is 22.3 Å². The lowest BCUT2D eigenvalue weighted by Crippen LogP contribution is -2.09. The molecule has 9 heteroatoms. The monoisotopic (exact) mass is 656 g/mol. The summed E-state index contributed by atoms with van der Waals surface area (Å²) in [6.07, 6.45) is 1.06. The van der Waals surface area contributed by atoms with Crippen molar-refractivity contribution in [1.29, 1.82) is 0 Å². The maximum atomic E-state index is 13.0. The van der Waals surface area contributed by atoms with Crippen LogP contribution in [-0.4, -0.2) is 23.9 Å². The van der Waals surface area contributed by atoms with Crippen molar-refractivity contribution in [2.24, 2.45) is 0 Å². The summed E-state index contributed by atoms with van der Waals surface area (Å²) >= 11 is 0. The summed E-state index contributed by atoms with van der Waals surface area (Å²) in [6, 6.07) is 22.9. The zero-order chi connectivity index (χ0) is 35.7. The predicted molar refractivity (Wildman–Crippen MR) is 182 cm³/mol. The molecule has 4 rings (SSSR count). The molecule has 4 aromatic rings. The van der Waals surface area contributed by atoms with E-state index in [1.54, 1.807) is 72.8 Å². The van der Waals surface area contributed by atoms with Crippen molar-refractivity contribution < 1.29 is 42.5 Å². The van der Waals surface area contributed by atoms with E-state index >= 15 is 0 Å². The third-order valence-electron chi connectivity index (χ3n) is 6.58. The van der Waals surface area contributed by atoms with Crippen LogP contribution in [0.2, 0.25) is 0 Å². The van der Waals surface area contributed by atoms with Crippen LogP contribution >= 0.6 is 0 Å². The second-order valence-corrected chi connectivity index (χ2v) is 10.5. The Morgan fingerprint density at radius 3 is 1.73 bits per heavy atom. The van der Waals surface area contributed by atoms with Gasteiger partial charge in [-0.05, 0) is 85.1 Å². The van der Waals surface area contributed by atoms with E-state index in [-0.39, 0.29) is 28.4 Å². The number of benzene rings is 4. The quantitative estimate of drug-likeness (QED) is 0.0735. The molecule has 0 N–H and O–H groups in total. The third-order valence-corrected chi connectivity index (χ3v) is 6.58. The number of hydrogen-bond donors (Lipinski definition) is 0. The van der Waals surface area contributed by atoms with Gasteiger partial charge in [0, 0.05) is 28.3 Å². The molecule has 0 aromatic heterocycles. The Hall–Kier alpha value is -6.79. The summed E-state index contributed by atoms with van der Waals surface area (Å²) in [6.45, 7) is 16.6. The first kappa shape index (κ1) is 35.1. The minimum absolute atomic E-state index is 0.120. The molecule has 0 aliphatic carbocycles. The Balaban J connectivity index is 1.69. The molecule has 0 aliphatic heterocycles. The van der Waals surface area contributed by atoms with E-state index in [0.717, 1.165) is 6.08 Å². The second-order valence-electron chi connectivity index (χ2n) is 10.5. The van der Waals surface area contributed by atoms with Gasteiger partial charge in [-0.15, -0.1) is 0 Å². The zero-order valence-corrected chi connectivity index (χ0v) is 26.6. The van der Waals surface area contributed by atoms with E-state index in [9.17, 15) is 23.6 Å². The molecule has 0 bridgehead atoms. The summed E-state index contributed by atoms with van der Waals surface area (Å²) in [4.78, 5) is 48.1. The van der Waals surface area contributed by atoms with E-state index < -0.39 is 29.7 Å². The first-order valence-corrected chi connectivity index (χ1v) is 14.5. The highest BCUT2D eigenvalue weighted by molar-refractivity contribution is 5.91. The normalized spacial score (nSPS) is 10.0. The Bertz CT molecular complexity index is 2080. The number of ether oxygens (including phenoxy) is 4. The van der Waals surface area contributed by atoms with Crippen molar-refractivity contribution in [2.75, 3.05) is 0 Å². The van der Waals surface area contributed by atoms with Crippen molar-refractivity contribution in [3.63, 3.8) is 0 Å². The largest absolute Gasteiger partial charge is 0.423 e. The lowest BCUT2D eigenvalue weighted by molar-refractivity contribution is -0.132. The Morgan fingerprint density at radius 1 is 0.612 bits per heavy atom. The van der Waals surface area contributed by atoms with Gasteiger partial charge < -0.3 is 18.9 Å². The van der Waals surface area contributed by atoms with Gasteiger partial charge >= 0.3 is 23.9 Å². The van der Waals surface area contributed by atoms with Gasteiger partial charge in [0.25, 0.3) is 0 Å². The van der Waals surface area contributed by atoms with Gasteiger partial charge in [-0.3, -0.25) is 0 Å². The minimum atomic E-state index is -1.22. The van der Waals surface area contributed by atoms with Crippen LogP contribution in [0.5, 0.6) is 23.0 Å². The average Bonchev–Trinajstić information content (AvgIpc) is 3.08. The molecule has 0 aliphatic rings. The van der Waals surface area contributed by atoms with Crippen LogP contribution in [0, 0.1) is 11.8 Å². The van der Waals surface area contributed by atoms with Crippen LogP contribution in [0.15, 0.2) is 134 Å². The fourth-order valence-corrected chi connectivity index (χ4v) is 4.06. The van der Waals surface area contributed by atoms with Crippen LogP contribution < -0.4 is 18.9 Å². The first-order valence-electron chi connectivity index (χ1n) is 14.5. The molecule has 4 aromatic carbocycles. The van der Waals surface area contributed by atoms with E-state index in [2.05, 4.69) is 38.2 Å². The topological polar surface area (TPSA) is 105 Å². The predicted octanol–water partition coefficient (Wildman–Crippen LogP) is 7.86. The fraction of sp³-hybridized carbons (Fsp3) is 0.0500. The van der Waals surface area contributed by atoms with Gasteiger partial charge in [0.15, 0.2) is 0 Å². The molecule has 0 saturated carbocycles. The van der Waals surface area contributed by atoms with Crippen LogP contribution in [0.4, 0.5) is 4.39 Å². The summed E-state index contributed by atoms with van der Waals surface area (Å²) in [5.74, 6) is 2.55. The summed E-state index contributed by atoms with van der Waals surface area (Å²) in [5.41, 5.74) is 3.79. The number of hydrogen-bond acceptors (Lipinski definition) is 8. The summed E-state index contributed by atoms with van der Waals surface area (Å²) < 4.78 is 34.3. The molecular formula is C40H29FO8. The van der Waals surface area contributed by atoms with Crippen molar-refractivity contribution in [3.8, 4) is 57.1 Å². The molecule has 0 unspecified atom stereocenters. The van der Waals surface area contributed by atoms with E-state index in [1.807, 2.05) is 0 Å². The van der Waals surface area contributed by atoms with E-state index in [1.165, 1.54) is 26.0 Å². The third kappa shape index (κ3) is 9.37. The molecule has 8 nitrogen and oxygen atoms in total. The molecule has 0 radical (unpaired) electrons. The molecule has 244 valence electrons. The number of carbonyl (C=O) groups is 4. The van der Waals surface area contributed by atoms with Crippen molar-refractivity contribution in [3.05, 3.63) is 145 Å². The molecule has 0 amide bonds. The van der Waals surface area contributed by atoms with Crippen molar-refractivity contribution in [1.82, 2.24) is 0 Å². The van der Waals surface area contributed by atoms with Gasteiger partial charge in [-0.1, -0.05) is 68.5 Å². The summed E-state index contributed by atoms with van der Waals surface area (Å²) in [5, 5.41) is 0. The van der Waals surface area contributed by atoms with Crippen molar-refractivity contribution in [2.45, 2.75) is 13.8 Å². The highest BCUT2D eigenvalue weighted by Gasteiger charge is 2.15. The number of esters is 4. The van der Waals surface area contributed by atoms with Crippen molar-refractivity contribution >= 4 is 23.9 Å². The molecule has 0 fully saturated rings. The van der Waals surface area contributed by atoms with Gasteiger partial charge in [0.1, 0.15) is 23.0 Å². The zero-order valence-electron chi connectivity index (χ0n) is 26.6. The van der Waals surface area contributed by atoms with Crippen LogP contribution in [0.1, 0.15) is 25.0 Å². The van der Waals surface area contributed by atoms with Gasteiger partial charge in [0.05, 0.1) is 5.56 Å². The fourth-order valence-electron chi connectivity index (χ4n) is 4.06. The highest BCUT2D eigenvalue weighted by atomic mass is 19.1. The number of carbonyl (C=O) groups excluding carboxylic acids is 4. The number of halogens is 1. The molecule has 0 spiro atoms. The van der Waals surface area contributed by atoms with E-state index in [4.69, 9.17) is 18.9 Å². The Kier molecular flexibility index (Phi) is 11.2. The van der Waals surface area contributed by atoms with Gasteiger partial charge in [0.2, 0.25) is 5.83 Å². The van der Waals surface area contributed by atoms with Gasteiger partial charge in [-0.25, -0.2) is 19.2 Å². The molecule has 49 heavy (non-hydrogen) atoms. The van der Waals surface area contributed by atoms with Gasteiger partial charge in [-0.2, -0.15) is 4.39 Å². The maximum Gasteiger partial charge on any atom is 0.371 e. The smallest absolute Gasteiger partial charge is 0.371 e. The highest BCUT2D eigenvalue weighted by Crippen LogP contribution is 2.33. The molecule has 0 atom stereocenters. The average molecular weight is 657 g/mol. The Labute approximate surface area is 282 Å². The lowest BCUT2D eigenvalue weighted by Gasteiger charge is -2.12. The second kappa shape index (κ2) is 15.7. The number of rotatable bonds is 10. The lowest BCUT2D eigenvalue weighted by atomic mass is 10.0. The minimum Gasteiger partial charge on any atom is -0.423 e. The first-order chi connectivity index (χ1) is 23.3. The van der Waals surface area contributed by atoms with Crippen LogP contribution in [0.3, 0.4) is 0 Å². The Morgan fingerprint density at radius 2 is 1.16 bits per heavy atom. The van der Waals surface area contributed by atoms with E-state index in [0.29, 0.717) is 39.1 Å². The van der Waals surface area contributed by atoms with Crippen LogP contribution in [-0.2, 0) is 19.2 Å². The molecule has 0 heterocycles. The summed E-state index contributed by atoms with van der Waals surface area (Å²) in [7, 11) is 0. The standard InChI is InChI=1S/C40H29FO8/c1-7-37(42)46-32-19-15-29(16-20-32)34-21-9-27(22-36(34)49-39(44)25(4)5)8-10-30-11-12-31(23-35(30)48-38(43)24(2)3)28-13-17-33(18-14-28)47-40(45)26(6)41/h7,9,11-23H,1-2,4,6H2,3,5H3. The maximum absolute atomic E-state index is 13.0. The molecule has 0 saturated heterocycles.